The van der Waals surface area contributed by atoms with Crippen LogP contribution in [0.5, 0.6) is 5.75 Å². The summed E-state index contributed by atoms with van der Waals surface area (Å²) in [5.41, 5.74) is 0.684. The highest BCUT2D eigenvalue weighted by Crippen LogP contribution is 2.20. The fraction of sp³-hybridized carbons (Fsp3) is 0.333. The average Bonchev–Trinajstić information content (AvgIpc) is 2.02. The second-order valence-corrected chi connectivity index (χ2v) is 4.61. The number of hydrogen-bond acceptors (Lipinski definition) is 3. The smallest absolute Gasteiger partial charge is 0.303 e. The van der Waals surface area contributed by atoms with Crippen LogP contribution in [0.3, 0.4) is 0 Å². The Kier molecular flexibility index (Phi) is 3.10. The van der Waals surface area contributed by atoms with Gasteiger partial charge in [0.15, 0.2) is 0 Å². The number of halogens is 1. The van der Waals surface area contributed by atoms with Crippen LogP contribution < -0.4 is 0 Å². The van der Waals surface area contributed by atoms with Gasteiger partial charge >= 0.3 is 10.2 Å². The molecule has 0 bridgehead atoms. The molecule has 1 aromatic rings. The van der Waals surface area contributed by atoms with Crippen LogP contribution in [0.15, 0.2) is 24.3 Å². The first-order valence-electron chi connectivity index (χ1n) is 4.10. The standard InChI is InChI=1S/C9H11FO3S/c1-7(6-14(10,12)13)8-2-4-9(11)5-3-8/h2-5,7,11H,6H2,1H3. The predicted molar refractivity (Wildman–Crippen MR) is 51.4 cm³/mol. The molecule has 5 heteroatoms. The molecule has 0 saturated heterocycles. The van der Waals surface area contributed by atoms with Gasteiger partial charge < -0.3 is 5.11 Å². The van der Waals surface area contributed by atoms with E-state index in [9.17, 15) is 12.3 Å². The number of phenolic OH excluding ortho intramolecular Hbond substituents is 1. The highest BCUT2D eigenvalue weighted by atomic mass is 32.3. The van der Waals surface area contributed by atoms with Crippen molar-refractivity contribution in [1.29, 1.82) is 0 Å². The molecule has 1 N–H and O–H groups in total. The zero-order chi connectivity index (χ0) is 10.8. The minimum atomic E-state index is -4.44. The zero-order valence-electron chi connectivity index (χ0n) is 7.64. The van der Waals surface area contributed by atoms with Gasteiger partial charge in [-0.3, -0.25) is 0 Å². The number of rotatable bonds is 3. The molecule has 0 fully saturated rings. The Bertz CT molecular complexity index is 397. The number of phenols is 1. The zero-order valence-corrected chi connectivity index (χ0v) is 8.46. The van der Waals surface area contributed by atoms with E-state index in [1.54, 1.807) is 19.1 Å². The van der Waals surface area contributed by atoms with Crippen molar-refractivity contribution in [1.82, 2.24) is 0 Å². The average molecular weight is 218 g/mol. The monoisotopic (exact) mass is 218 g/mol. The second-order valence-electron chi connectivity index (χ2n) is 3.20. The lowest BCUT2D eigenvalue weighted by Gasteiger charge is -2.08. The van der Waals surface area contributed by atoms with Crippen molar-refractivity contribution in [3.63, 3.8) is 0 Å². The van der Waals surface area contributed by atoms with Gasteiger partial charge in [0.1, 0.15) is 5.75 Å². The van der Waals surface area contributed by atoms with Gasteiger partial charge in [-0.1, -0.05) is 19.1 Å². The van der Waals surface area contributed by atoms with Crippen LogP contribution in [0.1, 0.15) is 18.4 Å². The van der Waals surface area contributed by atoms with E-state index in [4.69, 9.17) is 5.11 Å². The normalized spacial score (nSPS) is 13.9. The number of aromatic hydroxyl groups is 1. The molecule has 14 heavy (non-hydrogen) atoms. The Morgan fingerprint density at radius 2 is 1.86 bits per heavy atom. The molecule has 0 aromatic heterocycles. The van der Waals surface area contributed by atoms with E-state index < -0.39 is 21.9 Å². The molecule has 0 heterocycles. The van der Waals surface area contributed by atoms with E-state index in [-0.39, 0.29) is 5.75 Å². The maximum atomic E-state index is 12.3. The second kappa shape index (κ2) is 3.96. The molecule has 0 saturated carbocycles. The summed E-state index contributed by atoms with van der Waals surface area (Å²) in [6.07, 6.45) is 0. The van der Waals surface area contributed by atoms with Crippen molar-refractivity contribution in [2.45, 2.75) is 12.8 Å². The quantitative estimate of drug-likeness (QED) is 0.787. The predicted octanol–water partition coefficient (Wildman–Crippen LogP) is 1.79. The van der Waals surface area contributed by atoms with Gasteiger partial charge in [0, 0.05) is 0 Å². The molecular formula is C9H11FO3S. The highest BCUT2D eigenvalue weighted by molar-refractivity contribution is 7.86. The third kappa shape index (κ3) is 3.33. The van der Waals surface area contributed by atoms with Crippen molar-refractivity contribution in [2.24, 2.45) is 0 Å². The van der Waals surface area contributed by atoms with E-state index >= 15 is 0 Å². The Hall–Kier alpha value is -1.10. The lowest BCUT2D eigenvalue weighted by molar-refractivity contribution is 0.475. The summed E-state index contributed by atoms with van der Waals surface area (Å²) in [5, 5.41) is 8.98. The molecule has 0 spiro atoms. The van der Waals surface area contributed by atoms with Crippen molar-refractivity contribution >= 4 is 10.2 Å². The van der Waals surface area contributed by atoms with Crippen LogP contribution in [0.4, 0.5) is 3.89 Å². The van der Waals surface area contributed by atoms with E-state index in [2.05, 4.69) is 0 Å². The molecule has 0 aliphatic carbocycles. The van der Waals surface area contributed by atoms with Crippen LogP contribution >= 0.6 is 0 Å². The van der Waals surface area contributed by atoms with E-state index in [1.165, 1.54) is 12.1 Å². The Morgan fingerprint density at radius 3 is 2.29 bits per heavy atom. The maximum absolute atomic E-state index is 12.3. The number of hydrogen-bond donors (Lipinski definition) is 1. The van der Waals surface area contributed by atoms with Crippen molar-refractivity contribution in [2.75, 3.05) is 5.75 Å². The molecule has 0 radical (unpaired) electrons. The van der Waals surface area contributed by atoms with Gasteiger partial charge in [0.05, 0.1) is 5.75 Å². The Morgan fingerprint density at radius 1 is 1.36 bits per heavy atom. The Labute approximate surface area is 82.4 Å². The van der Waals surface area contributed by atoms with Gasteiger partial charge in [-0.15, -0.1) is 3.89 Å². The first-order valence-corrected chi connectivity index (χ1v) is 5.65. The third-order valence-corrected chi connectivity index (χ3v) is 2.81. The van der Waals surface area contributed by atoms with E-state index in [0.29, 0.717) is 5.56 Å². The van der Waals surface area contributed by atoms with Crippen molar-refractivity contribution in [3.8, 4) is 5.75 Å². The lowest BCUT2D eigenvalue weighted by Crippen LogP contribution is -2.07. The summed E-state index contributed by atoms with van der Waals surface area (Å²) >= 11 is 0. The van der Waals surface area contributed by atoms with E-state index in [0.717, 1.165) is 0 Å². The van der Waals surface area contributed by atoms with Crippen molar-refractivity contribution in [3.05, 3.63) is 29.8 Å². The largest absolute Gasteiger partial charge is 0.508 e. The van der Waals surface area contributed by atoms with Crippen molar-refractivity contribution < 1.29 is 17.4 Å². The molecular weight excluding hydrogens is 207 g/mol. The molecule has 1 unspecified atom stereocenters. The molecule has 0 aliphatic rings. The SMILES string of the molecule is CC(CS(=O)(=O)F)c1ccc(O)cc1. The molecule has 1 rings (SSSR count). The van der Waals surface area contributed by atoms with Gasteiger partial charge in [-0.2, -0.15) is 8.42 Å². The van der Waals surface area contributed by atoms with Crippen LogP contribution in [-0.2, 0) is 10.2 Å². The molecule has 1 atom stereocenters. The third-order valence-electron chi connectivity index (χ3n) is 1.91. The fourth-order valence-electron chi connectivity index (χ4n) is 1.20. The summed E-state index contributed by atoms with van der Waals surface area (Å²) in [6, 6.07) is 6.03. The summed E-state index contributed by atoms with van der Waals surface area (Å²) in [4.78, 5) is 0. The molecule has 1 aromatic carbocycles. The summed E-state index contributed by atoms with van der Waals surface area (Å²) < 4.78 is 33.1. The summed E-state index contributed by atoms with van der Waals surface area (Å²) in [6.45, 7) is 1.61. The van der Waals surface area contributed by atoms with Gasteiger partial charge in [0.2, 0.25) is 0 Å². The molecule has 78 valence electrons. The maximum Gasteiger partial charge on any atom is 0.303 e. The fourth-order valence-corrected chi connectivity index (χ4v) is 1.99. The summed E-state index contributed by atoms with van der Waals surface area (Å²) in [7, 11) is -4.44. The van der Waals surface area contributed by atoms with Gasteiger partial charge in [-0.05, 0) is 23.6 Å². The van der Waals surface area contributed by atoms with Gasteiger partial charge in [-0.25, -0.2) is 0 Å². The van der Waals surface area contributed by atoms with Crippen LogP contribution in [-0.4, -0.2) is 19.3 Å². The van der Waals surface area contributed by atoms with Crippen LogP contribution in [0.25, 0.3) is 0 Å². The summed E-state index contributed by atoms with van der Waals surface area (Å²) in [5.74, 6) is -0.840. The minimum absolute atomic E-state index is 0.101. The Balaban J connectivity index is 2.80. The topological polar surface area (TPSA) is 54.4 Å². The first kappa shape index (κ1) is 11.0. The minimum Gasteiger partial charge on any atom is -0.508 e. The van der Waals surface area contributed by atoms with E-state index in [1.807, 2.05) is 0 Å². The molecule has 0 aliphatic heterocycles. The first-order chi connectivity index (χ1) is 6.38. The van der Waals surface area contributed by atoms with Crippen LogP contribution in [0, 0.1) is 0 Å². The van der Waals surface area contributed by atoms with Crippen LogP contribution in [0.2, 0.25) is 0 Å². The highest BCUT2D eigenvalue weighted by Gasteiger charge is 2.15. The number of benzene rings is 1. The lowest BCUT2D eigenvalue weighted by atomic mass is 10.0. The molecule has 0 amide bonds. The van der Waals surface area contributed by atoms with Gasteiger partial charge in [0.25, 0.3) is 0 Å². The molecule has 3 nitrogen and oxygen atoms in total.